The van der Waals surface area contributed by atoms with Gasteiger partial charge in [-0.25, -0.2) is 0 Å². The van der Waals surface area contributed by atoms with Crippen molar-refractivity contribution >= 4 is 35.6 Å². The predicted octanol–water partition coefficient (Wildman–Crippen LogP) is 3.17. The van der Waals surface area contributed by atoms with E-state index < -0.39 is 0 Å². The van der Waals surface area contributed by atoms with Gasteiger partial charge in [0.2, 0.25) is 0 Å². The zero-order chi connectivity index (χ0) is 18.1. The van der Waals surface area contributed by atoms with Gasteiger partial charge in [0.25, 0.3) is 5.56 Å². The van der Waals surface area contributed by atoms with E-state index in [0.29, 0.717) is 36.8 Å². The van der Waals surface area contributed by atoms with Gasteiger partial charge in [0.15, 0.2) is 4.77 Å². The summed E-state index contributed by atoms with van der Waals surface area (Å²) < 4.78 is 5.18. The van der Waals surface area contributed by atoms with E-state index in [2.05, 4.69) is 23.0 Å². The number of nitrogens with one attached hydrogen (secondary N) is 2. The Kier molecular flexibility index (Phi) is 8.84. The number of nitrogen functional groups attached to an aromatic ring is 1. The largest absolute Gasteiger partial charge is 0.466 e. The number of esters is 1. The number of aromatic amines is 2. The van der Waals surface area contributed by atoms with Crippen LogP contribution in [0.4, 0.5) is 5.69 Å². The van der Waals surface area contributed by atoms with Crippen LogP contribution in [-0.4, -0.2) is 28.3 Å². The summed E-state index contributed by atoms with van der Waals surface area (Å²) in [7, 11) is 0. The first-order valence-electron chi connectivity index (χ1n) is 7.89. The topological polar surface area (TPSA) is 101 Å². The number of carbonyl (C=O) groups is 1. The van der Waals surface area contributed by atoms with Crippen LogP contribution in [-0.2, 0) is 16.0 Å². The van der Waals surface area contributed by atoms with E-state index in [1.807, 2.05) is 6.92 Å². The second-order valence-electron chi connectivity index (χ2n) is 5.56. The Labute approximate surface area is 151 Å². The smallest absolute Gasteiger partial charge is 0.306 e. The lowest BCUT2D eigenvalue weighted by Crippen LogP contribution is -2.18. The lowest BCUT2D eigenvalue weighted by molar-refractivity contribution is -0.142. The van der Waals surface area contributed by atoms with E-state index in [0.717, 1.165) is 11.3 Å². The van der Waals surface area contributed by atoms with Gasteiger partial charge in [-0.2, -0.15) is 0 Å². The summed E-state index contributed by atoms with van der Waals surface area (Å²) in [5, 5.41) is 0. The molecule has 0 saturated heterocycles. The first kappa shape index (κ1) is 20.5. The highest BCUT2D eigenvalue weighted by Gasteiger charge is 2.09. The summed E-state index contributed by atoms with van der Waals surface area (Å²) in [4.78, 5) is 29.5. The average molecular weight is 372 g/mol. The molecule has 0 amide bonds. The van der Waals surface area contributed by atoms with Crippen LogP contribution in [0.15, 0.2) is 15.8 Å². The maximum absolute atomic E-state index is 11.6. The Morgan fingerprint density at radius 3 is 2.83 bits per heavy atom. The van der Waals surface area contributed by atoms with Gasteiger partial charge in [0.1, 0.15) is 5.69 Å². The molecule has 0 aliphatic heterocycles. The summed E-state index contributed by atoms with van der Waals surface area (Å²) in [6, 6.07) is 0. The van der Waals surface area contributed by atoms with E-state index in [9.17, 15) is 9.59 Å². The van der Waals surface area contributed by atoms with Crippen LogP contribution in [0.3, 0.4) is 0 Å². The molecule has 24 heavy (non-hydrogen) atoms. The molecule has 4 N–H and O–H groups in total. The second kappa shape index (κ2) is 10.4. The number of carbonyl (C=O) groups excluding carboxylic acids is 1. The van der Waals surface area contributed by atoms with E-state index in [-0.39, 0.29) is 22.0 Å². The first-order valence-corrected chi connectivity index (χ1v) is 9.29. The number of thioether (sulfide) groups is 1. The zero-order valence-electron chi connectivity index (χ0n) is 14.3. The molecule has 8 heteroatoms. The maximum Gasteiger partial charge on any atom is 0.306 e. The van der Waals surface area contributed by atoms with Crippen LogP contribution >= 0.6 is 24.0 Å². The van der Waals surface area contributed by atoms with Crippen molar-refractivity contribution in [1.29, 1.82) is 0 Å². The van der Waals surface area contributed by atoms with Crippen LogP contribution in [0.25, 0.3) is 0 Å². The summed E-state index contributed by atoms with van der Waals surface area (Å²) in [5.74, 6) is 0.857. The van der Waals surface area contributed by atoms with Gasteiger partial charge >= 0.3 is 5.97 Å². The van der Waals surface area contributed by atoms with Gasteiger partial charge < -0.3 is 15.5 Å². The normalized spacial score (nSPS) is 12.9. The molecule has 1 rings (SSSR count). The zero-order valence-corrected chi connectivity index (χ0v) is 15.9. The minimum atomic E-state index is -0.345. The number of allylic oxidation sites excluding steroid dienone is 2. The number of H-pyrrole nitrogens is 2. The summed E-state index contributed by atoms with van der Waals surface area (Å²) in [6.45, 7) is 6.34. The Bertz CT molecular complexity index is 695. The van der Waals surface area contributed by atoms with Crippen LogP contribution < -0.4 is 11.3 Å². The van der Waals surface area contributed by atoms with Crippen LogP contribution in [0.1, 0.15) is 39.3 Å². The van der Waals surface area contributed by atoms with Crippen LogP contribution in [0, 0.1) is 10.7 Å². The highest BCUT2D eigenvalue weighted by atomic mass is 32.2. The van der Waals surface area contributed by atoms with Crippen molar-refractivity contribution in [3.05, 3.63) is 31.8 Å². The number of nitrogens with two attached hydrogens (primary N) is 1. The van der Waals surface area contributed by atoms with Crippen molar-refractivity contribution in [2.45, 2.75) is 40.0 Å². The quantitative estimate of drug-likeness (QED) is 0.455. The molecule has 0 spiro atoms. The minimum Gasteiger partial charge on any atom is -0.466 e. The summed E-state index contributed by atoms with van der Waals surface area (Å²) in [5.41, 5.74) is 6.32. The molecular weight excluding hydrogens is 346 g/mol. The lowest BCUT2D eigenvalue weighted by atomic mass is 10.0. The number of anilines is 1. The van der Waals surface area contributed by atoms with Crippen LogP contribution in [0.5, 0.6) is 0 Å². The molecule has 6 nitrogen and oxygen atoms in total. The fourth-order valence-corrected chi connectivity index (χ4v) is 3.11. The van der Waals surface area contributed by atoms with Crippen molar-refractivity contribution in [1.82, 2.24) is 9.97 Å². The molecule has 1 aromatic heterocycles. The third-order valence-corrected chi connectivity index (χ3v) is 4.60. The number of rotatable bonds is 9. The highest BCUT2D eigenvalue weighted by molar-refractivity contribution is 8.03. The average Bonchev–Trinajstić information content (AvgIpc) is 2.50. The third-order valence-electron chi connectivity index (χ3n) is 3.36. The standard InChI is InChI=1S/C16H25N3O3S2/c1-4-22-13(20)7-8-24-11(3)6-5-10(2)9-12-14(17)15(21)19-16(23)18-12/h6,10H,4-5,7-9,17H2,1-3H3,(H2,18,19,21,23)/b11-6-. The Balaban J connectivity index is 2.47. The van der Waals surface area contributed by atoms with Crippen LogP contribution in [0.2, 0.25) is 0 Å². The van der Waals surface area contributed by atoms with E-state index >= 15 is 0 Å². The molecule has 0 bridgehead atoms. The fraction of sp³-hybridized carbons (Fsp3) is 0.562. The molecule has 0 aliphatic rings. The Hall–Kier alpha value is -1.54. The number of aromatic nitrogens is 2. The second-order valence-corrected chi connectivity index (χ2v) is 7.31. The lowest BCUT2D eigenvalue weighted by Gasteiger charge is -2.11. The molecule has 0 saturated carbocycles. The molecule has 0 aromatic carbocycles. The molecule has 134 valence electrons. The Morgan fingerprint density at radius 1 is 1.46 bits per heavy atom. The van der Waals surface area contributed by atoms with Gasteiger partial charge in [0, 0.05) is 11.4 Å². The molecular formula is C16H25N3O3S2. The van der Waals surface area contributed by atoms with Gasteiger partial charge in [-0.1, -0.05) is 13.0 Å². The SMILES string of the molecule is CCOC(=O)CCS/C(C)=C\CC(C)Cc1[nH]c(=S)[nH]c(=O)c1N. The monoisotopic (exact) mass is 371 g/mol. The van der Waals surface area contributed by atoms with Gasteiger partial charge in [-0.15, -0.1) is 11.8 Å². The Morgan fingerprint density at radius 2 is 2.17 bits per heavy atom. The molecule has 1 heterocycles. The van der Waals surface area contributed by atoms with Crippen molar-refractivity contribution in [2.24, 2.45) is 5.92 Å². The number of hydrogen-bond donors (Lipinski definition) is 3. The third kappa shape index (κ3) is 7.35. The van der Waals surface area contributed by atoms with Gasteiger partial charge in [-0.05, 0) is 49.7 Å². The van der Waals surface area contributed by atoms with E-state index in [1.165, 1.54) is 0 Å². The van der Waals surface area contributed by atoms with Crippen molar-refractivity contribution in [3.63, 3.8) is 0 Å². The van der Waals surface area contributed by atoms with Crippen molar-refractivity contribution in [3.8, 4) is 0 Å². The van der Waals surface area contributed by atoms with E-state index in [4.69, 9.17) is 22.7 Å². The van der Waals surface area contributed by atoms with Crippen molar-refractivity contribution < 1.29 is 9.53 Å². The molecule has 1 unspecified atom stereocenters. The van der Waals surface area contributed by atoms with Gasteiger partial charge in [0.05, 0.1) is 13.0 Å². The number of hydrogen-bond acceptors (Lipinski definition) is 6. The molecule has 1 atom stereocenters. The fourth-order valence-electron chi connectivity index (χ4n) is 2.09. The predicted molar refractivity (Wildman–Crippen MR) is 102 cm³/mol. The molecule has 0 fully saturated rings. The summed E-state index contributed by atoms with van der Waals surface area (Å²) >= 11 is 6.62. The van der Waals surface area contributed by atoms with Crippen molar-refractivity contribution in [2.75, 3.05) is 18.1 Å². The molecule has 0 aliphatic carbocycles. The molecule has 0 radical (unpaired) electrons. The maximum atomic E-state index is 11.6. The number of ether oxygens (including phenoxy) is 1. The minimum absolute atomic E-state index is 0.161. The summed E-state index contributed by atoms with van der Waals surface area (Å²) in [6.07, 6.45) is 4.05. The van der Waals surface area contributed by atoms with Gasteiger partial charge in [-0.3, -0.25) is 14.6 Å². The first-order chi connectivity index (χ1) is 11.3. The highest BCUT2D eigenvalue weighted by Crippen LogP contribution is 2.20. The molecule has 1 aromatic rings. The van der Waals surface area contributed by atoms with E-state index in [1.54, 1.807) is 18.7 Å².